The highest BCUT2D eigenvalue weighted by molar-refractivity contribution is 5.85. The minimum absolute atomic E-state index is 0.211. The van der Waals surface area contributed by atoms with Crippen LogP contribution in [0.15, 0.2) is 0 Å². The van der Waals surface area contributed by atoms with Crippen LogP contribution in [0.3, 0.4) is 0 Å². The van der Waals surface area contributed by atoms with E-state index >= 15 is 0 Å². The Hall–Kier alpha value is -0.610. The summed E-state index contributed by atoms with van der Waals surface area (Å²) in [4.78, 5) is 11.9. The molecule has 1 spiro atoms. The first kappa shape index (κ1) is 10.9. The van der Waals surface area contributed by atoms with Crippen LogP contribution in [0.4, 0.5) is 0 Å². The molecule has 2 aliphatic rings. The normalized spacial score (nSPS) is 38.3. The van der Waals surface area contributed by atoms with Crippen LogP contribution in [0.2, 0.25) is 0 Å². The van der Waals surface area contributed by atoms with E-state index in [4.69, 9.17) is 14.2 Å². The van der Waals surface area contributed by atoms with Gasteiger partial charge in [0, 0.05) is 13.0 Å². The second-order valence-electron chi connectivity index (χ2n) is 4.20. The summed E-state index contributed by atoms with van der Waals surface area (Å²) < 4.78 is 16.1. The van der Waals surface area contributed by atoms with Crippen LogP contribution in [0.5, 0.6) is 0 Å². The molecule has 2 fully saturated rings. The van der Waals surface area contributed by atoms with E-state index in [1.54, 1.807) is 0 Å². The average molecular weight is 214 g/mol. The van der Waals surface area contributed by atoms with Gasteiger partial charge in [-0.2, -0.15) is 0 Å². The van der Waals surface area contributed by atoms with Crippen molar-refractivity contribution in [2.45, 2.75) is 44.3 Å². The number of carbonyl (C=O) groups excluding carboxylic acids is 1. The van der Waals surface area contributed by atoms with Crippen LogP contribution < -0.4 is 0 Å². The van der Waals surface area contributed by atoms with Crippen molar-refractivity contribution in [1.29, 1.82) is 0 Å². The van der Waals surface area contributed by atoms with E-state index in [0.717, 1.165) is 19.3 Å². The Kier molecular flexibility index (Phi) is 2.73. The van der Waals surface area contributed by atoms with E-state index in [2.05, 4.69) is 0 Å². The summed E-state index contributed by atoms with van der Waals surface area (Å²) in [5.74, 6) is -0.211. The van der Waals surface area contributed by atoms with Gasteiger partial charge >= 0.3 is 5.97 Å². The molecule has 0 aromatic carbocycles. The second kappa shape index (κ2) is 3.76. The van der Waals surface area contributed by atoms with E-state index in [1.807, 2.05) is 13.8 Å². The summed E-state index contributed by atoms with van der Waals surface area (Å²) in [5, 5.41) is 0. The van der Waals surface area contributed by atoms with Gasteiger partial charge in [-0.1, -0.05) is 13.3 Å². The summed E-state index contributed by atoms with van der Waals surface area (Å²) >= 11 is 0. The van der Waals surface area contributed by atoms with Crippen LogP contribution >= 0.6 is 0 Å². The second-order valence-corrected chi connectivity index (χ2v) is 4.20. The Morgan fingerprint density at radius 3 is 2.80 bits per heavy atom. The molecule has 0 saturated carbocycles. The van der Waals surface area contributed by atoms with Gasteiger partial charge in [0.25, 0.3) is 0 Å². The van der Waals surface area contributed by atoms with Crippen molar-refractivity contribution in [2.24, 2.45) is 0 Å². The van der Waals surface area contributed by atoms with Crippen molar-refractivity contribution in [2.75, 3.05) is 19.8 Å². The fourth-order valence-corrected chi connectivity index (χ4v) is 2.46. The minimum atomic E-state index is -0.700. The van der Waals surface area contributed by atoms with Crippen LogP contribution in [0.25, 0.3) is 0 Å². The Labute approximate surface area is 89.9 Å². The zero-order valence-electron chi connectivity index (χ0n) is 9.38. The van der Waals surface area contributed by atoms with E-state index in [9.17, 15) is 4.79 Å². The lowest BCUT2D eigenvalue weighted by molar-refractivity contribution is -0.149. The van der Waals surface area contributed by atoms with Gasteiger partial charge in [0.15, 0.2) is 5.60 Å². The maximum atomic E-state index is 11.9. The molecule has 0 aliphatic carbocycles. The zero-order valence-corrected chi connectivity index (χ0v) is 9.38. The lowest BCUT2D eigenvalue weighted by Crippen LogP contribution is -2.36. The molecule has 0 aromatic rings. The maximum Gasteiger partial charge on any atom is 0.341 e. The third-order valence-electron chi connectivity index (χ3n) is 3.26. The number of esters is 1. The van der Waals surface area contributed by atoms with E-state index in [-0.39, 0.29) is 11.6 Å². The van der Waals surface area contributed by atoms with Crippen LogP contribution in [-0.4, -0.2) is 37.0 Å². The number of hydrogen-bond acceptors (Lipinski definition) is 4. The van der Waals surface area contributed by atoms with Gasteiger partial charge in [-0.05, 0) is 13.3 Å². The zero-order chi connectivity index (χ0) is 10.9. The SMILES string of the molecule is CCCC1(C(=O)OCC)OC12CCOC2. The molecule has 15 heavy (non-hydrogen) atoms. The number of epoxide rings is 1. The number of rotatable bonds is 4. The molecule has 86 valence electrons. The summed E-state index contributed by atoms with van der Waals surface area (Å²) in [5.41, 5.74) is -1.07. The monoisotopic (exact) mass is 214 g/mol. The topological polar surface area (TPSA) is 48.1 Å². The van der Waals surface area contributed by atoms with Crippen molar-refractivity contribution in [3.63, 3.8) is 0 Å². The summed E-state index contributed by atoms with van der Waals surface area (Å²) in [7, 11) is 0. The Bertz CT molecular complexity index is 257. The highest BCUT2D eigenvalue weighted by Crippen LogP contribution is 2.56. The molecule has 0 aromatic heterocycles. The van der Waals surface area contributed by atoms with Gasteiger partial charge < -0.3 is 14.2 Å². The first-order chi connectivity index (χ1) is 7.21. The Morgan fingerprint density at radius 2 is 2.27 bits per heavy atom. The molecule has 2 atom stereocenters. The lowest BCUT2D eigenvalue weighted by Gasteiger charge is -2.13. The Morgan fingerprint density at radius 1 is 1.47 bits per heavy atom. The maximum absolute atomic E-state index is 11.9. The third-order valence-corrected chi connectivity index (χ3v) is 3.26. The van der Waals surface area contributed by atoms with Gasteiger partial charge in [0.1, 0.15) is 5.60 Å². The predicted octanol–water partition coefficient (Wildman–Crippen LogP) is 1.28. The van der Waals surface area contributed by atoms with E-state index in [0.29, 0.717) is 19.8 Å². The highest BCUT2D eigenvalue weighted by Gasteiger charge is 2.75. The van der Waals surface area contributed by atoms with Gasteiger partial charge in [-0.15, -0.1) is 0 Å². The molecule has 2 saturated heterocycles. The molecule has 0 radical (unpaired) electrons. The first-order valence-electron chi connectivity index (χ1n) is 5.66. The quantitative estimate of drug-likeness (QED) is 0.522. The van der Waals surface area contributed by atoms with Gasteiger partial charge in [0.2, 0.25) is 0 Å². The van der Waals surface area contributed by atoms with E-state index in [1.165, 1.54) is 0 Å². The fourth-order valence-electron chi connectivity index (χ4n) is 2.46. The molecule has 2 heterocycles. The number of ether oxygens (including phenoxy) is 3. The summed E-state index contributed by atoms with van der Waals surface area (Å²) in [6, 6.07) is 0. The van der Waals surface area contributed by atoms with Gasteiger partial charge in [0.05, 0.1) is 13.2 Å². The Balaban J connectivity index is 2.10. The van der Waals surface area contributed by atoms with Crippen LogP contribution in [0.1, 0.15) is 33.1 Å². The summed E-state index contributed by atoms with van der Waals surface area (Å²) in [6.07, 6.45) is 2.46. The van der Waals surface area contributed by atoms with Crippen molar-refractivity contribution < 1.29 is 19.0 Å². The molecule has 4 nitrogen and oxygen atoms in total. The highest BCUT2D eigenvalue weighted by atomic mass is 16.7. The molecule has 2 rings (SSSR count). The van der Waals surface area contributed by atoms with Gasteiger partial charge in [-0.3, -0.25) is 0 Å². The molecule has 0 amide bonds. The van der Waals surface area contributed by atoms with E-state index < -0.39 is 5.60 Å². The molecular formula is C11H18O4. The third kappa shape index (κ3) is 1.47. The average Bonchev–Trinajstić information content (AvgIpc) is 2.58. The largest absolute Gasteiger partial charge is 0.464 e. The fraction of sp³-hybridized carbons (Fsp3) is 0.909. The first-order valence-corrected chi connectivity index (χ1v) is 5.66. The smallest absolute Gasteiger partial charge is 0.341 e. The van der Waals surface area contributed by atoms with Crippen molar-refractivity contribution in [3.05, 3.63) is 0 Å². The molecule has 4 heteroatoms. The number of hydrogen-bond donors (Lipinski definition) is 0. The molecule has 2 aliphatic heterocycles. The van der Waals surface area contributed by atoms with Crippen molar-refractivity contribution in [3.8, 4) is 0 Å². The standard InChI is InChI=1S/C11H18O4/c1-3-5-11(9(12)14-4-2)10(15-11)6-7-13-8-10/h3-8H2,1-2H3. The molecule has 0 N–H and O–H groups in total. The number of carbonyl (C=O) groups is 1. The molecular weight excluding hydrogens is 196 g/mol. The summed E-state index contributed by atoms with van der Waals surface area (Å²) in [6.45, 7) is 5.49. The van der Waals surface area contributed by atoms with Crippen LogP contribution in [-0.2, 0) is 19.0 Å². The molecule has 0 bridgehead atoms. The van der Waals surface area contributed by atoms with Crippen LogP contribution in [0, 0.1) is 0 Å². The van der Waals surface area contributed by atoms with Gasteiger partial charge in [-0.25, -0.2) is 4.79 Å². The predicted molar refractivity (Wildman–Crippen MR) is 53.5 cm³/mol. The van der Waals surface area contributed by atoms with Crippen molar-refractivity contribution in [1.82, 2.24) is 0 Å². The molecule has 2 unspecified atom stereocenters. The lowest BCUT2D eigenvalue weighted by atomic mass is 9.88. The minimum Gasteiger partial charge on any atom is -0.464 e. The van der Waals surface area contributed by atoms with Crippen molar-refractivity contribution >= 4 is 5.97 Å².